The molecule has 0 unspecified atom stereocenters. The third-order valence-electron chi connectivity index (χ3n) is 16.7. The number of carbonyl (C=O) groups is 10. The Kier molecular flexibility index (Phi) is 30.9. The van der Waals surface area contributed by atoms with Gasteiger partial charge < -0.3 is 98.8 Å². The van der Waals surface area contributed by atoms with Crippen molar-refractivity contribution in [2.24, 2.45) is 11.5 Å². The standard InChI is InChI=1S/C67H90N16O16S2/c1-39(85)52(34-84)77-66(98)54-36-101-100-35-53(78-63(95)49(28-41-12-4-3-5-13-41)74-60(92)46(69)15-9-11-25-81(37-82-26-23-70-55(82)31-57(88)89)38-83-27-24-71-56(83)32-58(90)91)65(97)75-50(29-42-18-20-44(87)21-19-42)62(94)76-51(30-43-33-72-47-16-7-6-14-45(43)47)64(96)73-48(17-8-10-22-68)61(93)80-59(40(2)86)67(99)79-54/h3-7,12-14,16,18-21,23-24,26-27,33,39-40,46,48-54,59,72,84-87H,8-11,15,17,22,25,28-32,34-38,68-69H2,1-2H3,(H,73,96)(H,74,92)(H,75,97)(H,76,94)(H,77,98)(H,78,95)(H,79,99)(H,80,93)(H,88,89)(H,90,91)/t39-,40-,46+,48+,49-,50+,51-,52-,53+,54+,59+/m1/s1. The van der Waals surface area contributed by atoms with Gasteiger partial charge in [0, 0.05) is 79.2 Å². The molecule has 0 bridgehead atoms. The Labute approximate surface area is 590 Å². The minimum atomic E-state index is -1.76. The summed E-state index contributed by atoms with van der Waals surface area (Å²) in [5.41, 5.74) is 14.7. The zero-order valence-electron chi connectivity index (χ0n) is 55.9. The Bertz CT molecular complexity index is 3690. The number of nitrogens with two attached hydrogens (primary N) is 2. The van der Waals surface area contributed by atoms with Crippen molar-refractivity contribution in [3.8, 4) is 5.75 Å². The third-order valence-corrected chi connectivity index (χ3v) is 19.1. The van der Waals surface area contributed by atoms with Crippen LogP contribution in [0.3, 0.4) is 0 Å². The molecule has 0 spiro atoms. The molecule has 1 saturated heterocycles. The number of aliphatic hydroxyl groups excluding tert-OH is 3. The van der Waals surface area contributed by atoms with E-state index in [1.165, 1.54) is 50.5 Å². The summed E-state index contributed by atoms with van der Waals surface area (Å²) < 4.78 is 3.30. The number of carbonyl (C=O) groups excluding carboxylic acids is 8. The van der Waals surface area contributed by atoms with Gasteiger partial charge in [-0.2, -0.15) is 0 Å². The van der Waals surface area contributed by atoms with E-state index in [0.717, 1.165) is 21.6 Å². The summed E-state index contributed by atoms with van der Waals surface area (Å²) in [6.45, 7) is 2.67. The van der Waals surface area contributed by atoms with Crippen LogP contribution in [0.25, 0.3) is 10.9 Å². The van der Waals surface area contributed by atoms with E-state index in [1.807, 2.05) is 4.90 Å². The minimum absolute atomic E-state index is 0.0439. The van der Waals surface area contributed by atoms with Crippen molar-refractivity contribution < 1.29 is 78.6 Å². The molecule has 0 aliphatic carbocycles. The largest absolute Gasteiger partial charge is 0.508 e. The van der Waals surface area contributed by atoms with Crippen LogP contribution in [0.15, 0.2) is 110 Å². The zero-order chi connectivity index (χ0) is 73.1. The topological polar surface area (TPSA) is 495 Å². The maximum absolute atomic E-state index is 15.3. The number of hydrogen-bond donors (Lipinski definition) is 17. The lowest BCUT2D eigenvalue weighted by Crippen LogP contribution is -2.62. The molecule has 101 heavy (non-hydrogen) atoms. The van der Waals surface area contributed by atoms with Crippen LogP contribution in [0.5, 0.6) is 5.75 Å². The molecule has 34 heteroatoms. The number of fused-ring (bicyclic) bond motifs is 1. The summed E-state index contributed by atoms with van der Waals surface area (Å²) in [5, 5.41) is 83.1. The smallest absolute Gasteiger partial charge is 0.311 e. The Balaban J connectivity index is 1.20. The SMILES string of the molecule is C[C@@H](O)[C@@H]1NC(=O)[C@H](CCCCN)NC(=O)[C@@H](Cc2c[nH]c3ccccc23)NC(=O)[C@H](Cc2ccc(O)cc2)NC(=O)[C@@H](NC(=O)[C@@H](Cc2ccccc2)NC(=O)[C@@H](N)CCCCN(Cn2ccnc2CC(=O)O)Cn2ccnc2CC(=O)O)CSSC[C@@H](C(=O)N[C@H](CO)[C@@H](C)O)NC1=O. The maximum Gasteiger partial charge on any atom is 0.311 e. The number of carboxylic acids is 2. The van der Waals surface area contributed by atoms with Crippen LogP contribution >= 0.6 is 21.6 Å². The van der Waals surface area contributed by atoms with Crippen molar-refractivity contribution in [3.05, 3.63) is 138 Å². The van der Waals surface area contributed by atoms with E-state index < -0.39 is 132 Å². The average Bonchev–Trinajstić information content (AvgIpc) is 1.73. The van der Waals surface area contributed by atoms with Gasteiger partial charge in [-0.05, 0) is 87.4 Å². The normalized spacial score (nSPS) is 19.8. The number of H-pyrrole nitrogens is 1. The van der Waals surface area contributed by atoms with E-state index in [2.05, 4.69) is 57.5 Å². The van der Waals surface area contributed by atoms with E-state index in [1.54, 1.807) is 82.3 Å². The fraction of sp³-hybridized carbons (Fsp3) is 0.463. The summed E-state index contributed by atoms with van der Waals surface area (Å²) >= 11 is 0. The van der Waals surface area contributed by atoms with Crippen LogP contribution in [0.1, 0.15) is 80.7 Å². The van der Waals surface area contributed by atoms with Crippen LogP contribution in [0.4, 0.5) is 0 Å². The second-order valence-electron chi connectivity index (χ2n) is 24.7. The predicted molar refractivity (Wildman–Crippen MR) is 373 cm³/mol. The zero-order valence-corrected chi connectivity index (χ0v) is 57.6. The van der Waals surface area contributed by atoms with Crippen molar-refractivity contribution in [1.82, 2.24) is 71.5 Å². The Morgan fingerprint density at radius 3 is 1.91 bits per heavy atom. The van der Waals surface area contributed by atoms with Crippen molar-refractivity contribution in [2.75, 3.05) is 31.2 Å². The summed E-state index contributed by atoms with van der Waals surface area (Å²) in [6.07, 6.45) is 5.16. The molecular formula is C67H90N16O16S2. The molecule has 0 saturated carbocycles. The summed E-state index contributed by atoms with van der Waals surface area (Å²) in [7, 11) is 1.85. The number of aromatic nitrogens is 5. The molecule has 546 valence electrons. The molecule has 3 aromatic carbocycles. The average molecular weight is 1440 g/mol. The Morgan fingerprint density at radius 1 is 0.683 bits per heavy atom. The number of aromatic hydroxyl groups is 1. The van der Waals surface area contributed by atoms with Gasteiger partial charge >= 0.3 is 11.9 Å². The highest BCUT2D eigenvalue weighted by Crippen LogP contribution is 2.25. The quantitative estimate of drug-likeness (QED) is 0.0175. The van der Waals surface area contributed by atoms with Crippen LogP contribution in [0.2, 0.25) is 0 Å². The highest BCUT2D eigenvalue weighted by molar-refractivity contribution is 8.76. The summed E-state index contributed by atoms with van der Waals surface area (Å²) in [4.78, 5) is 154. The lowest BCUT2D eigenvalue weighted by Gasteiger charge is -2.29. The van der Waals surface area contributed by atoms with Crippen LogP contribution in [-0.2, 0) is 93.4 Å². The summed E-state index contributed by atoms with van der Waals surface area (Å²) in [6, 6.07) is 8.35. The number of amides is 8. The Hall–Kier alpha value is -9.42. The lowest BCUT2D eigenvalue weighted by molar-refractivity contribution is -0.137. The first-order valence-electron chi connectivity index (χ1n) is 33.0. The number of phenolic OH excluding ortho intramolecular Hbond substituents is 1. The lowest BCUT2D eigenvalue weighted by atomic mass is 10.0. The number of aliphatic carboxylic acids is 2. The van der Waals surface area contributed by atoms with Crippen LogP contribution < -0.4 is 54.0 Å². The van der Waals surface area contributed by atoms with Gasteiger partial charge in [0.1, 0.15) is 72.5 Å². The number of nitrogens with one attached hydrogen (secondary N) is 9. The van der Waals surface area contributed by atoms with Crippen LogP contribution in [0, 0.1) is 0 Å². The predicted octanol–water partition coefficient (Wildman–Crippen LogP) is -1.18. The maximum atomic E-state index is 15.3. The highest BCUT2D eigenvalue weighted by atomic mass is 33.1. The van der Waals surface area contributed by atoms with Crippen molar-refractivity contribution in [2.45, 2.75) is 164 Å². The van der Waals surface area contributed by atoms with Gasteiger partial charge in [0.15, 0.2) is 0 Å². The van der Waals surface area contributed by atoms with E-state index in [4.69, 9.17) is 11.5 Å². The van der Waals surface area contributed by atoms with Gasteiger partial charge in [0.25, 0.3) is 0 Å². The molecule has 4 heterocycles. The number of phenols is 1. The van der Waals surface area contributed by atoms with E-state index >= 15 is 14.4 Å². The van der Waals surface area contributed by atoms with Gasteiger partial charge in [0.2, 0.25) is 47.3 Å². The Morgan fingerprint density at radius 2 is 1.29 bits per heavy atom. The second-order valence-corrected chi connectivity index (χ2v) is 27.2. The molecule has 19 N–H and O–H groups in total. The number of imidazole rings is 2. The number of nitrogens with zero attached hydrogens (tertiary/aromatic N) is 5. The van der Waals surface area contributed by atoms with Gasteiger partial charge in [0.05, 0.1) is 44.2 Å². The number of carboxylic acid groups (broad SMARTS) is 2. The molecule has 11 atom stereocenters. The van der Waals surface area contributed by atoms with Gasteiger partial charge in [-0.1, -0.05) is 88.7 Å². The number of aliphatic hydroxyl groups is 3. The highest BCUT2D eigenvalue weighted by Gasteiger charge is 2.37. The number of para-hydroxylation sites is 1. The number of aromatic amines is 1. The van der Waals surface area contributed by atoms with Crippen molar-refractivity contribution in [1.29, 1.82) is 0 Å². The molecule has 6 aromatic rings. The molecule has 8 amide bonds. The third kappa shape index (κ3) is 24.7. The van der Waals surface area contributed by atoms with E-state index in [0.29, 0.717) is 53.4 Å². The summed E-state index contributed by atoms with van der Waals surface area (Å²) in [5.74, 6) is -9.66. The molecule has 1 aliphatic heterocycles. The number of unbranched alkanes of at least 4 members (excludes halogenated alkanes) is 2. The van der Waals surface area contributed by atoms with Gasteiger partial charge in [-0.3, -0.25) is 52.8 Å². The fourth-order valence-corrected chi connectivity index (χ4v) is 13.4. The second kappa shape index (κ2) is 39.5. The first-order chi connectivity index (χ1) is 48.4. The fourth-order valence-electron chi connectivity index (χ4n) is 11.1. The first-order valence-corrected chi connectivity index (χ1v) is 35.5. The molecule has 0 radical (unpaired) electrons. The molecule has 1 fully saturated rings. The number of rotatable bonds is 32. The number of benzene rings is 3. The minimum Gasteiger partial charge on any atom is -0.508 e. The van der Waals surface area contributed by atoms with E-state index in [9.17, 15) is 64.2 Å². The molecule has 3 aromatic heterocycles. The molecule has 32 nitrogen and oxygen atoms in total. The molecule has 1 aliphatic rings. The van der Waals surface area contributed by atoms with Crippen LogP contribution in [-0.4, -0.2) is 217 Å². The van der Waals surface area contributed by atoms with Crippen molar-refractivity contribution >= 4 is 91.7 Å². The van der Waals surface area contributed by atoms with Gasteiger partial charge in [-0.15, -0.1) is 0 Å². The number of hydrogen-bond acceptors (Lipinski definition) is 21. The first kappa shape index (κ1) is 78.9. The molecular weight excluding hydrogens is 1350 g/mol. The van der Waals surface area contributed by atoms with E-state index in [-0.39, 0.29) is 100 Å². The monoisotopic (exact) mass is 1440 g/mol. The molecule has 7 rings (SSSR count). The van der Waals surface area contributed by atoms with Crippen molar-refractivity contribution in [3.63, 3.8) is 0 Å². The van der Waals surface area contributed by atoms with Gasteiger partial charge in [-0.25, -0.2) is 9.97 Å².